The third kappa shape index (κ3) is 5.99. The maximum absolute atomic E-state index is 6.19. The average Bonchev–Trinajstić information content (AvgIpc) is 2.72. The lowest BCUT2D eigenvalue weighted by Crippen LogP contribution is -2.41. The monoisotopic (exact) mass is 356 g/mol. The van der Waals surface area contributed by atoms with Gasteiger partial charge in [0.2, 0.25) is 0 Å². The van der Waals surface area contributed by atoms with Gasteiger partial charge in [-0.1, -0.05) is 69.9 Å². The average molecular weight is 356 g/mol. The lowest BCUT2D eigenvalue weighted by Gasteiger charge is -2.32. The van der Waals surface area contributed by atoms with Crippen LogP contribution in [0.15, 0.2) is 36.3 Å². The Morgan fingerprint density at radius 3 is 2.04 bits per heavy atom. The van der Waals surface area contributed by atoms with Crippen LogP contribution in [0.5, 0.6) is 0 Å². The van der Waals surface area contributed by atoms with Gasteiger partial charge >= 0.3 is 7.12 Å². The molecular formula is C23H37BO2. The topological polar surface area (TPSA) is 18.5 Å². The van der Waals surface area contributed by atoms with Crippen LogP contribution in [0.3, 0.4) is 0 Å². The number of benzene rings is 1. The Morgan fingerprint density at radius 2 is 1.50 bits per heavy atom. The van der Waals surface area contributed by atoms with Crippen LogP contribution in [-0.2, 0) is 9.31 Å². The van der Waals surface area contributed by atoms with Gasteiger partial charge < -0.3 is 9.31 Å². The van der Waals surface area contributed by atoms with Crippen molar-refractivity contribution >= 4 is 12.7 Å². The molecule has 1 aliphatic heterocycles. The zero-order chi connectivity index (χ0) is 19.4. The van der Waals surface area contributed by atoms with E-state index in [1.807, 2.05) is 0 Å². The first-order valence-corrected chi connectivity index (χ1v) is 10.1. The van der Waals surface area contributed by atoms with E-state index >= 15 is 0 Å². The van der Waals surface area contributed by atoms with Crippen LogP contribution in [0.25, 0.3) is 5.57 Å². The van der Waals surface area contributed by atoms with E-state index in [9.17, 15) is 0 Å². The van der Waals surface area contributed by atoms with E-state index in [1.54, 1.807) is 0 Å². The summed E-state index contributed by atoms with van der Waals surface area (Å²) in [6.45, 7) is 15.4. The van der Waals surface area contributed by atoms with E-state index in [0.717, 1.165) is 6.42 Å². The Bertz CT molecular complexity index is 580. The van der Waals surface area contributed by atoms with Crippen LogP contribution in [0.1, 0.15) is 86.1 Å². The summed E-state index contributed by atoms with van der Waals surface area (Å²) in [5.74, 6) is 2.19. The van der Waals surface area contributed by atoms with Crippen molar-refractivity contribution in [1.29, 1.82) is 0 Å². The van der Waals surface area contributed by atoms with Gasteiger partial charge in [0.05, 0.1) is 11.2 Å². The molecule has 0 amide bonds. The molecule has 0 aromatic heterocycles. The van der Waals surface area contributed by atoms with E-state index in [4.69, 9.17) is 9.31 Å². The Labute approximate surface area is 161 Å². The zero-order valence-corrected chi connectivity index (χ0v) is 17.9. The van der Waals surface area contributed by atoms with Crippen LogP contribution >= 0.6 is 0 Å². The number of unbranched alkanes of at least 4 members (excludes halogenated alkanes) is 2. The molecule has 2 nitrogen and oxygen atoms in total. The maximum Gasteiger partial charge on any atom is 0.487 e. The molecule has 1 aliphatic rings. The molecule has 0 aliphatic carbocycles. The predicted octanol–water partition coefficient (Wildman–Crippen LogP) is 6.70. The molecule has 144 valence electrons. The van der Waals surface area contributed by atoms with Crippen molar-refractivity contribution in [2.45, 2.75) is 91.8 Å². The predicted molar refractivity (Wildman–Crippen MR) is 113 cm³/mol. The van der Waals surface area contributed by atoms with Gasteiger partial charge in [-0.25, -0.2) is 0 Å². The minimum atomic E-state index is -0.289. The molecule has 1 aromatic rings. The van der Waals surface area contributed by atoms with E-state index in [1.165, 1.54) is 36.8 Å². The minimum absolute atomic E-state index is 0.273. The van der Waals surface area contributed by atoms with Crippen molar-refractivity contribution in [3.05, 3.63) is 41.9 Å². The second kappa shape index (κ2) is 8.31. The van der Waals surface area contributed by atoms with Crippen LogP contribution in [-0.4, -0.2) is 18.3 Å². The highest BCUT2D eigenvalue weighted by Crippen LogP contribution is 2.38. The fourth-order valence-corrected chi connectivity index (χ4v) is 3.24. The van der Waals surface area contributed by atoms with Crippen LogP contribution < -0.4 is 0 Å². The summed E-state index contributed by atoms with van der Waals surface area (Å²) < 4.78 is 12.4. The van der Waals surface area contributed by atoms with Crippen molar-refractivity contribution < 1.29 is 9.31 Å². The molecule has 0 radical (unpaired) electrons. The minimum Gasteiger partial charge on any atom is -0.400 e. The first-order valence-electron chi connectivity index (χ1n) is 10.1. The molecule has 1 aromatic carbocycles. The highest BCUT2D eigenvalue weighted by molar-refractivity contribution is 6.53. The molecule has 0 saturated carbocycles. The van der Waals surface area contributed by atoms with Gasteiger partial charge in [0.1, 0.15) is 0 Å². The number of rotatable bonds is 7. The number of hydrogen-bond donors (Lipinski definition) is 0. The third-order valence-electron chi connectivity index (χ3n) is 5.63. The van der Waals surface area contributed by atoms with Crippen molar-refractivity contribution in [3.8, 4) is 0 Å². The fraction of sp³-hybridized carbons (Fsp3) is 0.652. The summed E-state index contributed by atoms with van der Waals surface area (Å²) >= 11 is 0. The molecular weight excluding hydrogens is 319 g/mol. The van der Waals surface area contributed by atoms with Crippen LogP contribution in [0.2, 0.25) is 0 Å². The summed E-state index contributed by atoms with van der Waals surface area (Å²) in [4.78, 5) is 0. The fourth-order valence-electron chi connectivity index (χ4n) is 3.24. The van der Waals surface area contributed by atoms with E-state index in [-0.39, 0.29) is 18.3 Å². The van der Waals surface area contributed by atoms with Crippen LogP contribution in [0.4, 0.5) is 0 Å². The molecule has 1 fully saturated rings. The molecule has 0 spiro atoms. The summed E-state index contributed by atoms with van der Waals surface area (Å²) in [5, 5.41) is 0. The molecule has 26 heavy (non-hydrogen) atoms. The summed E-state index contributed by atoms with van der Waals surface area (Å²) in [6, 6.07) is 10.7. The smallest absolute Gasteiger partial charge is 0.400 e. The van der Waals surface area contributed by atoms with Crippen molar-refractivity contribution in [1.82, 2.24) is 0 Å². The second-order valence-corrected chi connectivity index (χ2v) is 9.80. The zero-order valence-electron chi connectivity index (χ0n) is 17.9. The Hall–Kier alpha value is -1.06. The molecule has 1 heterocycles. The van der Waals surface area contributed by atoms with Crippen molar-refractivity contribution in [2.24, 2.45) is 5.41 Å². The normalized spacial score (nSPS) is 19.8. The van der Waals surface area contributed by atoms with Gasteiger partial charge in [0.15, 0.2) is 0 Å². The maximum atomic E-state index is 6.19. The van der Waals surface area contributed by atoms with Crippen molar-refractivity contribution in [2.75, 3.05) is 0 Å². The van der Waals surface area contributed by atoms with Gasteiger partial charge in [-0.05, 0) is 63.5 Å². The Kier molecular flexibility index (Phi) is 6.79. The lowest BCUT2D eigenvalue weighted by atomic mass is 9.83. The summed E-state index contributed by atoms with van der Waals surface area (Å²) in [6.07, 6.45) is 6.12. The standard InChI is InChI=1S/C23H37BO2/c1-21(2,3)17-13-9-12-16-20(19-14-10-8-11-15-19)18-24-25-22(4,5)23(6,7)26-24/h8,10-11,14-15,18H,9,12-13,16-17H2,1-7H3/b20-18+. The molecule has 2 rings (SSSR count). The highest BCUT2D eigenvalue weighted by atomic mass is 16.7. The first-order chi connectivity index (χ1) is 12.0. The number of allylic oxidation sites excluding steroid dienone is 1. The highest BCUT2D eigenvalue weighted by Gasteiger charge is 2.50. The van der Waals surface area contributed by atoms with Crippen molar-refractivity contribution in [3.63, 3.8) is 0 Å². The van der Waals surface area contributed by atoms with E-state index in [2.05, 4.69) is 84.8 Å². The molecule has 0 atom stereocenters. The molecule has 0 unspecified atom stereocenters. The SMILES string of the molecule is CC(C)(C)CCCCC/C(=C\B1OC(C)(C)C(C)(C)O1)c1ccccc1. The van der Waals surface area contributed by atoms with E-state index < -0.39 is 0 Å². The van der Waals surface area contributed by atoms with Gasteiger partial charge in [-0.3, -0.25) is 0 Å². The molecule has 0 bridgehead atoms. The lowest BCUT2D eigenvalue weighted by molar-refractivity contribution is 0.00578. The Balaban J connectivity index is 2.04. The Morgan fingerprint density at radius 1 is 0.923 bits per heavy atom. The molecule has 1 saturated heterocycles. The van der Waals surface area contributed by atoms with Gasteiger partial charge in [0, 0.05) is 0 Å². The van der Waals surface area contributed by atoms with Gasteiger partial charge in [-0.2, -0.15) is 0 Å². The largest absolute Gasteiger partial charge is 0.487 e. The third-order valence-corrected chi connectivity index (χ3v) is 5.63. The van der Waals surface area contributed by atoms with E-state index in [0.29, 0.717) is 5.41 Å². The molecule has 0 N–H and O–H groups in total. The second-order valence-electron chi connectivity index (χ2n) is 9.80. The van der Waals surface area contributed by atoms with Gasteiger partial charge in [0.25, 0.3) is 0 Å². The number of hydrogen-bond acceptors (Lipinski definition) is 2. The van der Waals surface area contributed by atoms with Gasteiger partial charge in [-0.15, -0.1) is 0 Å². The van der Waals surface area contributed by atoms with Crippen LogP contribution in [0, 0.1) is 5.41 Å². The molecule has 3 heteroatoms. The quantitative estimate of drug-likeness (QED) is 0.400. The summed E-state index contributed by atoms with van der Waals surface area (Å²) in [7, 11) is -0.273. The first kappa shape index (κ1) is 21.2. The summed E-state index contributed by atoms with van der Waals surface area (Å²) in [5.41, 5.74) is 2.46.